The molecule has 2 unspecified atom stereocenters. The fourth-order valence-electron chi connectivity index (χ4n) is 3.85. The molecular formula is C15H26N4. The minimum atomic E-state index is 0.427. The molecule has 0 saturated carbocycles. The Morgan fingerprint density at radius 3 is 2.53 bits per heavy atom. The third kappa shape index (κ3) is 2.43. The lowest BCUT2D eigenvalue weighted by molar-refractivity contribution is 0.116. The topological polar surface area (TPSA) is 47.1 Å². The summed E-state index contributed by atoms with van der Waals surface area (Å²) in [6.45, 7) is 6.38. The number of hydrogen-bond donors (Lipinski definition) is 1. The van der Waals surface area contributed by atoms with E-state index >= 15 is 0 Å². The van der Waals surface area contributed by atoms with Crippen molar-refractivity contribution < 1.29 is 0 Å². The van der Waals surface area contributed by atoms with Crippen LogP contribution in [0.3, 0.4) is 0 Å². The molecule has 0 aliphatic carbocycles. The Hall–Kier alpha value is -0.870. The molecule has 2 fully saturated rings. The highest BCUT2D eigenvalue weighted by molar-refractivity contribution is 5.12. The van der Waals surface area contributed by atoms with Crippen molar-refractivity contribution in [3.05, 3.63) is 17.5 Å². The summed E-state index contributed by atoms with van der Waals surface area (Å²) < 4.78 is 2.17. The summed E-state index contributed by atoms with van der Waals surface area (Å²) in [6, 6.07) is 4.13. The van der Waals surface area contributed by atoms with Crippen molar-refractivity contribution in [3.8, 4) is 0 Å². The lowest BCUT2D eigenvalue weighted by Gasteiger charge is -2.37. The van der Waals surface area contributed by atoms with Gasteiger partial charge in [0.05, 0.1) is 11.4 Å². The van der Waals surface area contributed by atoms with Gasteiger partial charge in [0.15, 0.2) is 0 Å². The summed E-state index contributed by atoms with van der Waals surface area (Å²) in [4.78, 5) is 2.69. The molecule has 3 rings (SSSR count). The molecule has 2 N–H and O–H groups in total. The highest BCUT2D eigenvalue weighted by atomic mass is 15.3. The van der Waals surface area contributed by atoms with Crippen molar-refractivity contribution in [1.82, 2.24) is 14.7 Å². The zero-order valence-corrected chi connectivity index (χ0v) is 12.2. The lowest BCUT2D eigenvalue weighted by atomic mass is 9.98. The van der Waals surface area contributed by atoms with Crippen LogP contribution in [-0.4, -0.2) is 32.8 Å². The van der Waals surface area contributed by atoms with Gasteiger partial charge in [-0.25, -0.2) is 0 Å². The Labute approximate surface area is 116 Å². The summed E-state index contributed by atoms with van der Waals surface area (Å²) in [5.74, 6) is 0. The Morgan fingerprint density at radius 2 is 1.95 bits per heavy atom. The van der Waals surface area contributed by atoms with Gasteiger partial charge in [-0.3, -0.25) is 9.58 Å². The molecule has 106 valence electrons. The molecule has 1 aromatic rings. The maximum absolute atomic E-state index is 6.15. The van der Waals surface area contributed by atoms with Crippen LogP contribution < -0.4 is 5.73 Å². The number of fused-ring (bicyclic) bond motifs is 2. The molecule has 4 nitrogen and oxygen atoms in total. The maximum atomic E-state index is 6.15. The standard InChI is InChI=1S/C15H26N4/c1-3-12-9-15(19(4-2)17-12)10-18-13-5-6-14(18)8-11(16)7-13/h9,11,13-14H,3-8,10,16H2,1-2H3. The quantitative estimate of drug-likeness (QED) is 0.902. The summed E-state index contributed by atoms with van der Waals surface area (Å²) in [5, 5.41) is 4.66. The largest absolute Gasteiger partial charge is 0.328 e. The molecule has 19 heavy (non-hydrogen) atoms. The number of nitrogens with two attached hydrogens (primary N) is 1. The molecule has 0 amide bonds. The third-order valence-corrected chi connectivity index (χ3v) is 4.84. The lowest BCUT2D eigenvalue weighted by Crippen LogP contribution is -2.47. The first kappa shape index (κ1) is 13.1. The number of aryl methyl sites for hydroxylation is 2. The van der Waals surface area contributed by atoms with E-state index in [-0.39, 0.29) is 0 Å². The van der Waals surface area contributed by atoms with E-state index in [9.17, 15) is 0 Å². The summed E-state index contributed by atoms with van der Waals surface area (Å²) in [6.07, 6.45) is 6.05. The molecule has 0 radical (unpaired) electrons. The van der Waals surface area contributed by atoms with Crippen LogP contribution >= 0.6 is 0 Å². The van der Waals surface area contributed by atoms with Crippen molar-refractivity contribution in [1.29, 1.82) is 0 Å². The Morgan fingerprint density at radius 1 is 1.26 bits per heavy atom. The van der Waals surface area contributed by atoms with Crippen LogP contribution in [0.15, 0.2) is 6.07 Å². The smallest absolute Gasteiger partial charge is 0.0625 e. The summed E-state index contributed by atoms with van der Waals surface area (Å²) in [7, 11) is 0. The monoisotopic (exact) mass is 262 g/mol. The molecule has 2 aliphatic rings. The van der Waals surface area contributed by atoms with Crippen molar-refractivity contribution in [2.24, 2.45) is 5.73 Å². The van der Waals surface area contributed by atoms with Gasteiger partial charge in [0, 0.05) is 31.2 Å². The molecule has 1 aromatic heterocycles. The van der Waals surface area contributed by atoms with E-state index < -0.39 is 0 Å². The van der Waals surface area contributed by atoms with E-state index in [1.54, 1.807) is 0 Å². The van der Waals surface area contributed by atoms with Crippen LogP contribution in [0.4, 0.5) is 0 Å². The molecule has 2 bridgehead atoms. The normalized spacial score (nSPS) is 31.0. The van der Waals surface area contributed by atoms with Crippen molar-refractivity contribution in [2.45, 2.75) is 77.2 Å². The number of aromatic nitrogens is 2. The molecule has 2 saturated heterocycles. The second-order valence-corrected chi connectivity index (χ2v) is 6.09. The van der Waals surface area contributed by atoms with Crippen LogP contribution in [-0.2, 0) is 19.5 Å². The van der Waals surface area contributed by atoms with E-state index in [4.69, 9.17) is 5.73 Å². The summed E-state index contributed by atoms with van der Waals surface area (Å²) in [5.41, 5.74) is 8.75. The van der Waals surface area contributed by atoms with Crippen molar-refractivity contribution in [2.75, 3.05) is 0 Å². The van der Waals surface area contributed by atoms with E-state index in [0.29, 0.717) is 18.1 Å². The highest BCUT2D eigenvalue weighted by Gasteiger charge is 2.39. The minimum absolute atomic E-state index is 0.427. The van der Waals surface area contributed by atoms with E-state index in [0.717, 1.165) is 19.5 Å². The first-order valence-electron chi connectivity index (χ1n) is 7.78. The number of nitrogens with zero attached hydrogens (tertiary/aromatic N) is 3. The number of piperidine rings is 1. The fraction of sp³-hybridized carbons (Fsp3) is 0.800. The van der Waals surface area contributed by atoms with E-state index in [1.807, 2.05) is 0 Å². The second kappa shape index (κ2) is 5.25. The SMILES string of the molecule is CCc1cc(CN2C3CCC2CC(N)C3)n(CC)n1. The average Bonchev–Trinajstić information content (AvgIpc) is 2.90. The predicted octanol–water partition coefficient (Wildman–Crippen LogP) is 1.92. The van der Waals surface area contributed by atoms with Crippen LogP contribution in [0, 0.1) is 0 Å². The van der Waals surface area contributed by atoms with Crippen molar-refractivity contribution >= 4 is 0 Å². The highest BCUT2D eigenvalue weighted by Crippen LogP contribution is 2.36. The molecule has 4 heteroatoms. The van der Waals surface area contributed by atoms with Gasteiger partial charge in [0.1, 0.15) is 0 Å². The van der Waals surface area contributed by atoms with Gasteiger partial charge in [0.2, 0.25) is 0 Å². The zero-order chi connectivity index (χ0) is 13.4. The van der Waals surface area contributed by atoms with Gasteiger partial charge < -0.3 is 5.73 Å². The van der Waals surface area contributed by atoms with E-state index in [2.05, 4.69) is 34.6 Å². The van der Waals surface area contributed by atoms with Gasteiger partial charge in [-0.15, -0.1) is 0 Å². The maximum Gasteiger partial charge on any atom is 0.0625 e. The molecule has 2 aliphatic heterocycles. The fourth-order valence-corrected chi connectivity index (χ4v) is 3.85. The van der Waals surface area contributed by atoms with Crippen LogP contribution in [0.25, 0.3) is 0 Å². The molecule has 0 spiro atoms. The van der Waals surface area contributed by atoms with Gasteiger partial charge in [-0.05, 0) is 45.1 Å². The first-order valence-corrected chi connectivity index (χ1v) is 7.78. The Kier molecular flexibility index (Phi) is 3.63. The molecule has 3 heterocycles. The molecule has 2 atom stereocenters. The second-order valence-electron chi connectivity index (χ2n) is 6.09. The molecular weight excluding hydrogens is 236 g/mol. The van der Waals surface area contributed by atoms with Crippen LogP contribution in [0.5, 0.6) is 0 Å². The number of hydrogen-bond acceptors (Lipinski definition) is 3. The van der Waals surface area contributed by atoms with Gasteiger partial charge in [-0.2, -0.15) is 5.10 Å². The van der Waals surface area contributed by atoms with Crippen molar-refractivity contribution in [3.63, 3.8) is 0 Å². The van der Waals surface area contributed by atoms with Gasteiger partial charge in [0.25, 0.3) is 0 Å². The Balaban J connectivity index is 1.76. The Bertz CT molecular complexity index is 425. The molecule has 0 aromatic carbocycles. The first-order chi connectivity index (χ1) is 9.21. The minimum Gasteiger partial charge on any atom is -0.328 e. The zero-order valence-electron chi connectivity index (χ0n) is 12.2. The number of rotatable bonds is 4. The average molecular weight is 262 g/mol. The van der Waals surface area contributed by atoms with Crippen LogP contribution in [0.2, 0.25) is 0 Å². The van der Waals surface area contributed by atoms with E-state index in [1.165, 1.54) is 37.1 Å². The predicted molar refractivity (Wildman–Crippen MR) is 76.8 cm³/mol. The summed E-state index contributed by atoms with van der Waals surface area (Å²) >= 11 is 0. The van der Waals surface area contributed by atoms with Gasteiger partial charge in [-0.1, -0.05) is 6.92 Å². The third-order valence-electron chi connectivity index (χ3n) is 4.84. The van der Waals surface area contributed by atoms with Crippen LogP contribution in [0.1, 0.15) is 50.9 Å². The van der Waals surface area contributed by atoms with Gasteiger partial charge >= 0.3 is 0 Å².